The molecule has 2 bridgehead atoms. The summed E-state index contributed by atoms with van der Waals surface area (Å²) in [6.07, 6.45) is 2.69. The molecular formula is C15H18N2O4. The molecule has 2 aliphatic rings. The highest BCUT2D eigenvalue weighted by Gasteiger charge is 2.64. The summed E-state index contributed by atoms with van der Waals surface area (Å²) in [4.78, 5) is 37.2. The Morgan fingerprint density at radius 1 is 1.38 bits per heavy atom. The fourth-order valence-electron chi connectivity index (χ4n) is 3.49. The Morgan fingerprint density at radius 2 is 2.10 bits per heavy atom. The largest absolute Gasteiger partial charge is 0.459 e. The molecule has 1 aliphatic carbocycles. The molecule has 21 heavy (non-hydrogen) atoms. The molecule has 3 amide bonds. The molecule has 1 saturated carbocycles. The van der Waals surface area contributed by atoms with E-state index in [-0.39, 0.29) is 23.5 Å². The third-order valence-corrected chi connectivity index (χ3v) is 5.38. The van der Waals surface area contributed by atoms with Gasteiger partial charge in [0, 0.05) is 5.92 Å². The first kappa shape index (κ1) is 13.9. The van der Waals surface area contributed by atoms with E-state index in [4.69, 9.17) is 4.42 Å². The Hall–Kier alpha value is -2.11. The van der Waals surface area contributed by atoms with E-state index in [2.05, 4.69) is 5.43 Å². The molecule has 1 aromatic heterocycles. The molecule has 1 aliphatic heterocycles. The van der Waals surface area contributed by atoms with Gasteiger partial charge in [0.2, 0.25) is 0 Å². The maximum Gasteiger partial charge on any atom is 0.305 e. The molecule has 2 heterocycles. The first-order chi connectivity index (χ1) is 9.79. The molecule has 1 aromatic rings. The van der Waals surface area contributed by atoms with Crippen LogP contribution in [0.2, 0.25) is 0 Å². The molecule has 3 rings (SSSR count). The second-order valence-corrected chi connectivity index (χ2v) is 6.54. The number of furan rings is 1. The number of rotatable bonds is 2. The van der Waals surface area contributed by atoms with Gasteiger partial charge in [-0.2, -0.15) is 5.01 Å². The van der Waals surface area contributed by atoms with Gasteiger partial charge in [-0.25, -0.2) is 0 Å². The van der Waals surface area contributed by atoms with Crippen molar-refractivity contribution in [2.45, 2.75) is 33.6 Å². The Kier molecular flexibility index (Phi) is 2.77. The summed E-state index contributed by atoms with van der Waals surface area (Å²) in [5, 5.41) is 0.883. The Bertz CT molecular complexity index is 620. The lowest BCUT2D eigenvalue weighted by Crippen LogP contribution is -2.63. The van der Waals surface area contributed by atoms with Gasteiger partial charge >= 0.3 is 5.91 Å². The van der Waals surface area contributed by atoms with Crippen LogP contribution in [0, 0.1) is 16.7 Å². The number of piperidine rings is 1. The summed E-state index contributed by atoms with van der Waals surface area (Å²) in [5.41, 5.74) is 1.35. The lowest BCUT2D eigenvalue weighted by atomic mass is 9.63. The fourth-order valence-corrected chi connectivity index (χ4v) is 3.49. The summed E-state index contributed by atoms with van der Waals surface area (Å²) < 4.78 is 4.98. The van der Waals surface area contributed by atoms with Gasteiger partial charge in [-0.1, -0.05) is 20.8 Å². The van der Waals surface area contributed by atoms with Crippen molar-refractivity contribution in [3.05, 3.63) is 24.2 Å². The van der Waals surface area contributed by atoms with E-state index < -0.39 is 16.7 Å². The van der Waals surface area contributed by atoms with Crippen molar-refractivity contribution in [2.75, 3.05) is 0 Å². The van der Waals surface area contributed by atoms with Gasteiger partial charge in [-0.15, -0.1) is 0 Å². The number of carbonyl (C=O) groups is 3. The summed E-state index contributed by atoms with van der Waals surface area (Å²) in [7, 11) is 0. The predicted octanol–water partition coefficient (Wildman–Crippen LogP) is 1.74. The predicted molar refractivity (Wildman–Crippen MR) is 72.6 cm³/mol. The van der Waals surface area contributed by atoms with Crippen molar-refractivity contribution < 1.29 is 18.8 Å². The van der Waals surface area contributed by atoms with Gasteiger partial charge in [0.1, 0.15) is 0 Å². The molecule has 6 nitrogen and oxygen atoms in total. The van der Waals surface area contributed by atoms with Crippen molar-refractivity contribution in [1.29, 1.82) is 0 Å². The molecule has 1 saturated heterocycles. The second kappa shape index (κ2) is 4.19. The van der Waals surface area contributed by atoms with E-state index >= 15 is 0 Å². The average Bonchev–Trinajstić information content (AvgIpc) is 3.00. The number of nitrogens with one attached hydrogen (secondary N) is 1. The van der Waals surface area contributed by atoms with Crippen LogP contribution in [0.1, 0.15) is 44.2 Å². The summed E-state index contributed by atoms with van der Waals surface area (Å²) in [6, 6.07) is 3.05. The smallest absolute Gasteiger partial charge is 0.305 e. The maximum atomic E-state index is 12.7. The van der Waals surface area contributed by atoms with Crippen LogP contribution in [0.15, 0.2) is 22.8 Å². The van der Waals surface area contributed by atoms with E-state index in [1.54, 1.807) is 6.07 Å². The van der Waals surface area contributed by atoms with Crippen LogP contribution in [0.3, 0.4) is 0 Å². The topological polar surface area (TPSA) is 79.6 Å². The Balaban J connectivity index is 1.90. The second-order valence-electron chi connectivity index (χ2n) is 6.54. The Morgan fingerprint density at radius 3 is 2.71 bits per heavy atom. The number of amides is 3. The number of hydrogen-bond donors (Lipinski definition) is 1. The summed E-state index contributed by atoms with van der Waals surface area (Å²) >= 11 is 0. The zero-order valence-corrected chi connectivity index (χ0v) is 12.3. The average molecular weight is 290 g/mol. The third-order valence-electron chi connectivity index (χ3n) is 5.38. The zero-order chi connectivity index (χ0) is 15.4. The minimum absolute atomic E-state index is 0.0675. The number of hydrogen-bond acceptors (Lipinski definition) is 4. The van der Waals surface area contributed by atoms with E-state index in [1.807, 2.05) is 20.8 Å². The fraction of sp³-hybridized carbons (Fsp3) is 0.533. The van der Waals surface area contributed by atoms with Crippen molar-refractivity contribution in [3.63, 3.8) is 0 Å². The van der Waals surface area contributed by atoms with Crippen molar-refractivity contribution in [2.24, 2.45) is 16.7 Å². The van der Waals surface area contributed by atoms with E-state index in [9.17, 15) is 14.4 Å². The van der Waals surface area contributed by atoms with Crippen LogP contribution >= 0.6 is 0 Å². The molecule has 0 spiro atoms. The highest BCUT2D eigenvalue weighted by atomic mass is 16.3. The molecule has 0 radical (unpaired) electrons. The molecular weight excluding hydrogens is 272 g/mol. The highest BCUT2D eigenvalue weighted by Crippen LogP contribution is 2.59. The molecule has 1 N–H and O–H groups in total. The first-order valence-electron chi connectivity index (χ1n) is 7.02. The van der Waals surface area contributed by atoms with Gasteiger partial charge in [0.25, 0.3) is 11.8 Å². The standard InChI is InChI=1S/C15H18N2O4/c1-14(2)9-6-7-15(14,3)13(20)17(12(9)19)16-11(18)10-5-4-8-21-10/h4-5,8-9H,6-7H2,1-3H3,(H,16,18)/t9-,15-/m1/s1. The van der Waals surface area contributed by atoms with E-state index in [1.165, 1.54) is 12.3 Å². The van der Waals surface area contributed by atoms with Crippen LogP contribution < -0.4 is 5.43 Å². The van der Waals surface area contributed by atoms with Crippen LogP contribution in [0.5, 0.6) is 0 Å². The van der Waals surface area contributed by atoms with Crippen LogP contribution in [0.25, 0.3) is 0 Å². The SMILES string of the molecule is CC1(C)[C@@H]2CC[C@]1(C)C(=O)N(NC(=O)c1ccco1)C2=O. The molecule has 0 aromatic carbocycles. The normalized spacial score (nSPS) is 30.6. The molecule has 6 heteroatoms. The number of imide groups is 1. The minimum atomic E-state index is -0.637. The summed E-state index contributed by atoms with van der Waals surface area (Å²) in [5.74, 6) is -1.45. The lowest BCUT2D eigenvalue weighted by Gasteiger charge is -2.47. The number of carbonyl (C=O) groups excluding carboxylic acids is 3. The summed E-state index contributed by atoms with van der Waals surface area (Å²) in [6.45, 7) is 5.77. The van der Waals surface area contributed by atoms with Crippen LogP contribution in [-0.2, 0) is 9.59 Å². The van der Waals surface area contributed by atoms with Crippen molar-refractivity contribution in [3.8, 4) is 0 Å². The number of nitrogens with zero attached hydrogens (tertiary/aromatic N) is 1. The van der Waals surface area contributed by atoms with Crippen molar-refractivity contribution in [1.82, 2.24) is 10.4 Å². The van der Waals surface area contributed by atoms with Gasteiger partial charge in [0.05, 0.1) is 11.7 Å². The first-order valence-corrected chi connectivity index (χ1v) is 7.02. The highest BCUT2D eigenvalue weighted by molar-refractivity contribution is 6.06. The number of fused-ring (bicyclic) bond motifs is 2. The van der Waals surface area contributed by atoms with Gasteiger partial charge < -0.3 is 4.42 Å². The molecule has 2 atom stereocenters. The number of hydrazine groups is 1. The monoisotopic (exact) mass is 290 g/mol. The minimum Gasteiger partial charge on any atom is -0.459 e. The van der Waals surface area contributed by atoms with Gasteiger partial charge in [-0.05, 0) is 30.4 Å². The van der Waals surface area contributed by atoms with E-state index in [0.717, 1.165) is 5.01 Å². The lowest BCUT2D eigenvalue weighted by molar-refractivity contribution is -0.171. The van der Waals surface area contributed by atoms with Gasteiger partial charge in [-0.3, -0.25) is 19.8 Å². The third kappa shape index (κ3) is 1.68. The quantitative estimate of drug-likeness (QED) is 0.841. The Labute approximate surface area is 122 Å². The molecule has 112 valence electrons. The van der Waals surface area contributed by atoms with E-state index in [0.29, 0.717) is 12.8 Å². The molecule has 0 unspecified atom stereocenters. The van der Waals surface area contributed by atoms with Crippen LogP contribution in [-0.4, -0.2) is 22.7 Å². The zero-order valence-electron chi connectivity index (χ0n) is 12.3. The van der Waals surface area contributed by atoms with Crippen LogP contribution in [0.4, 0.5) is 0 Å². The van der Waals surface area contributed by atoms with Crippen molar-refractivity contribution >= 4 is 17.7 Å². The van der Waals surface area contributed by atoms with Gasteiger partial charge in [0.15, 0.2) is 5.76 Å². The molecule has 2 fully saturated rings. The maximum absolute atomic E-state index is 12.7.